The molecular weight excluding hydrogens is 222 g/mol. The third-order valence-electron chi connectivity index (χ3n) is 2.73. The molecule has 3 nitrogen and oxygen atoms in total. The van der Waals surface area contributed by atoms with Gasteiger partial charge in [0.2, 0.25) is 0 Å². The summed E-state index contributed by atoms with van der Waals surface area (Å²) in [5.74, 6) is 0. The fourth-order valence-corrected chi connectivity index (χ4v) is 1.87. The number of hydrogen-bond donors (Lipinski definition) is 1. The zero-order valence-electron chi connectivity index (χ0n) is 9.10. The van der Waals surface area contributed by atoms with E-state index in [2.05, 4.69) is 16.5 Å². The van der Waals surface area contributed by atoms with Gasteiger partial charge in [-0.1, -0.05) is 23.7 Å². The Kier molecular flexibility index (Phi) is 3.27. The van der Waals surface area contributed by atoms with Crippen LogP contribution in [0.5, 0.6) is 0 Å². The maximum absolute atomic E-state index is 5.86. The summed E-state index contributed by atoms with van der Waals surface area (Å²) in [6, 6.07) is 8.05. The van der Waals surface area contributed by atoms with Crippen LogP contribution in [0.4, 0.5) is 0 Å². The van der Waals surface area contributed by atoms with Gasteiger partial charge in [0.25, 0.3) is 0 Å². The highest BCUT2D eigenvalue weighted by atomic mass is 35.5. The molecule has 1 heterocycles. The Hall–Kier alpha value is -1.32. The Morgan fingerprint density at radius 3 is 2.69 bits per heavy atom. The van der Waals surface area contributed by atoms with Crippen molar-refractivity contribution >= 4 is 11.6 Å². The Morgan fingerprint density at radius 2 is 2.06 bits per heavy atom. The lowest BCUT2D eigenvalue weighted by atomic mass is 10.1. The highest BCUT2D eigenvalue weighted by Gasteiger charge is 2.10. The maximum Gasteiger partial charge on any atom is 0.0954 e. The van der Waals surface area contributed by atoms with Crippen molar-refractivity contribution in [2.45, 2.75) is 19.5 Å². The van der Waals surface area contributed by atoms with E-state index in [1.54, 1.807) is 6.20 Å². The molecule has 1 aromatic heterocycles. The molecule has 0 aliphatic rings. The van der Waals surface area contributed by atoms with E-state index in [-0.39, 0.29) is 6.04 Å². The summed E-state index contributed by atoms with van der Waals surface area (Å²) in [6.07, 6.45) is 3.61. The largest absolute Gasteiger partial charge is 0.326 e. The first-order valence-electron chi connectivity index (χ1n) is 5.18. The fourth-order valence-electron chi connectivity index (χ4n) is 1.74. The summed E-state index contributed by atoms with van der Waals surface area (Å²) in [6.45, 7) is 2.61. The minimum absolute atomic E-state index is 0.221. The van der Waals surface area contributed by atoms with Crippen molar-refractivity contribution in [2.75, 3.05) is 0 Å². The lowest BCUT2D eigenvalue weighted by molar-refractivity contribution is 0.609. The van der Waals surface area contributed by atoms with Crippen LogP contribution >= 0.6 is 11.6 Å². The summed E-state index contributed by atoms with van der Waals surface area (Å²) < 4.78 is 2.07. The van der Waals surface area contributed by atoms with Crippen LogP contribution < -0.4 is 5.73 Å². The Labute approximate surface area is 99.9 Å². The molecule has 16 heavy (non-hydrogen) atoms. The minimum atomic E-state index is 0.221. The standard InChI is InChI=1S/C12H14ClN3/c1-9(10-2-4-11(13)5-3-10)16-8-15-7-12(16)6-14/h2-5,7-9H,6,14H2,1H3. The molecule has 2 aromatic rings. The van der Waals surface area contributed by atoms with Crippen molar-refractivity contribution < 1.29 is 0 Å². The second-order valence-corrected chi connectivity index (χ2v) is 4.16. The molecule has 0 saturated carbocycles. The van der Waals surface area contributed by atoms with Gasteiger partial charge in [0, 0.05) is 17.8 Å². The topological polar surface area (TPSA) is 43.8 Å². The summed E-state index contributed by atoms with van der Waals surface area (Å²) in [5, 5.41) is 0.751. The van der Waals surface area contributed by atoms with Gasteiger partial charge in [-0.3, -0.25) is 0 Å². The first-order valence-corrected chi connectivity index (χ1v) is 5.56. The normalized spacial score (nSPS) is 12.7. The maximum atomic E-state index is 5.86. The molecule has 4 heteroatoms. The van der Waals surface area contributed by atoms with Crippen molar-refractivity contribution in [2.24, 2.45) is 5.73 Å². The van der Waals surface area contributed by atoms with Gasteiger partial charge in [0.1, 0.15) is 0 Å². The fraction of sp³-hybridized carbons (Fsp3) is 0.250. The van der Waals surface area contributed by atoms with E-state index in [0.29, 0.717) is 6.54 Å². The van der Waals surface area contributed by atoms with E-state index in [9.17, 15) is 0 Å². The van der Waals surface area contributed by atoms with E-state index in [1.807, 2.05) is 30.6 Å². The summed E-state index contributed by atoms with van der Waals surface area (Å²) >= 11 is 5.86. The summed E-state index contributed by atoms with van der Waals surface area (Å²) in [7, 11) is 0. The number of nitrogens with two attached hydrogens (primary N) is 1. The van der Waals surface area contributed by atoms with E-state index in [1.165, 1.54) is 5.56 Å². The van der Waals surface area contributed by atoms with Gasteiger partial charge in [-0.2, -0.15) is 0 Å². The van der Waals surface area contributed by atoms with Gasteiger partial charge in [-0.15, -0.1) is 0 Å². The predicted octanol–water partition coefficient (Wildman–Crippen LogP) is 2.60. The first kappa shape index (κ1) is 11.2. The number of benzene rings is 1. The van der Waals surface area contributed by atoms with Gasteiger partial charge in [0.15, 0.2) is 0 Å². The van der Waals surface area contributed by atoms with Crippen molar-refractivity contribution in [1.82, 2.24) is 9.55 Å². The molecule has 1 aromatic carbocycles. The monoisotopic (exact) mass is 235 g/mol. The molecule has 0 fully saturated rings. The van der Waals surface area contributed by atoms with E-state index < -0.39 is 0 Å². The molecule has 0 radical (unpaired) electrons. The van der Waals surface area contributed by atoms with Gasteiger partial charge in [0.05, 0.1) is 18.1 Å². The van der Waals surface area contributed by atoms with Crippen LogP contribution in [0.2, 0.25) is 5.02 Å². The number of halogens is 1. The zero-order valence-corrected chi connectivity index (χ0v) is 9.85. The van der Waals surface area contributed by atoms with Crippen LogP contribution in [-0.4, -0.2) is 9.55 Å². The molecule has 84 valence electrons. The molecule has 2 rings (SSSR count). The minimum Gasteiger partial charge on any atom is -0.326 e. The smallest absolute Gasteiger partial charge is 0.0954 e. The second kappa shape index (κ2) is 4.68. The van der Waals surface area contributed by atoms with Crippen LogP contribution in [0.15, 0.2) is 36.8 Å². The lowest BCUT2D eigenvalue weighted by Gasteiger charge is -2.16. The Balaban J connectivity index is 2.31. The lowest BCUT2D eigenvalue weighted by Crippen LogP contribution is -2.11. The third-order valence-corrected chi connectivity index (χ3v) is 2.98. The number of nitrogens with zero attached hydrogens (tertiary/aromatic N) is 2. The zero-order chi connectivity index (χ0) is 11.5. The molecule has 0 bridgehead atoms. The SMILES string of the molecule is CC(c1ccc(Cl)cc1)n1cncc1CN. The molecule has 2 N–H and O–H groups in total. The Bertz CT molecular complexity index is 461. The first-order chi connectivity index (χ1) is 7.72. The average Bonchev–Trinajstić information content (AvgIpc) is 2.77. The van der Waals surface area contributed by atoms with Crippen molar-refractivity contribution in [3.05, 3.63) is 53.1 Å². The van der Waals surface area contributed by atoms with Gasteiger partial charge < -0.3 is 10.3 Å². The summed E-state index contributed by atoms with van der Waals surface area (Å²) in [4.78, 5) is 4.11. The Morgan fingerprint density at radius 1 is 1.38 bits per heavy atom. The quantitative estimate of drug-likeness (QED) is 0.889. The highest BCUT2D eigenvalue weighted by molar-refractivity contribution is 6.30. The van der Waals surface area contributed by atoms with Gasteiger partial charge in [-0.25, -0.2) is 4.98 Å². The second-order valence-electron chi connectivity index (χ2n) is 3.72. The van der Waals surface area contributed by atoms with Crippen molar-refractivity contribution in [1.29, 1.82) is 0 Å². The van der Waals surface area contributed by atoms with Crippen molar-refractivity contribution in [3.8, 4) is 0 Å². The molecule has 0 spiro atoms. The van der Waals surface area contributed by atoms with Crippen LogP contribution in [0, 0.1) is 0 Å². The molecule has 0 amide bonds. The van der Waals surface area contributed by atoms with Crippen LogP contribution in [-0.2, 0) is 6.54 Å². The molecular formula is C12H14ClN3. The number of hydrogen-bond acceptors (Lipinski definition) is 2. The van der Waals surface area contributed by atoms with Crippen molar-refractivity contribution in [3.63, 3.8) is 0 Å². The highest BCUT2D eigenvalue weighted by Crippen LogP contribution is 2.21. The van der Waals surface area contributed by atoms with Gasteiger partial charge >= 0.3 is 0 Å². The number of rotatable bonds is 3. The van der Waals surface area contributed by atoms with Crippen LogP contribution in [0.25, 0.3) is 0 Å². The van der Waals surface area contributed by atoms with E-state index in [0.717, 1.165) is 10.7 Å². The molecule has 0 saturated heterocycles. The van der Waals surface area contributed by atoms with E-state index in [4.69, 9.17) is 17.3 Å². The van der Waals surface area contributed by atoms with Crippen LogP contribution in [0.3, 0.4) is 0 Å². The summed E-state index contributed by atoms with van der Waals surface area (Å²) in [5.41, 5.74) is 7.87. The van der Waals surface area contributed by atoms with Crippen LogP contribution in [0.1, 0.15) is 24.2 Å². The van der Waals surface area contributed by atoms with Gasteiger partial charge in [-0.05, 0) is 24.6 Å². The van der Waals surface area contributed by atoms with E-state index >= 15 is 0 Å². The predicted molar refractivity (Wildman–Crippen MR) is 65.4 cm³/mol. The number of aromatic nitrogens is 2. The molecule has 0 aliphatic carbocycles. The average molecular weight is 236 g/mol. The molecule has 0 aliphatic heterocycles. The molecule has 1 unspecified atom stereocenters. The molecule has 1 atom stereocenters. The number of imidazole rings is 1. The third kappa shape index (κ3) is 2.10.